The van der Waals surface area contributed by atoms with Crippen molar-refractivity contribution in [2.24, 2.45) is 0 Å². The van der Waals surface area contributed by atoms with Crippen molar-refractivity contribution in [3.8, 4) is 5.75 Å². The number of rotatable bonds is 3. The number of anilines is 1. The molecule has 0 aliphatic carbocycles. The van der Waals surface area contributed by atoms with Crippen LogP contribution in [0.5, 0.6) is 5.75 Å². The summed E-state index contributed by atoms with van der Waals surface area (Å²) in [5, 5.41) is 11.6. The van der Waals surface area contributed by atoms with Gasteiger partial charge in [0.1, 0.15) is 5.75 Å². The number of nitrogen functional groups attached to an aromatic ring is 1. The normalized spacial score (nSPS) is 19.4. The van der Waals surface area contributed by atoms with Crippen LogP contribution >= 0.6 is 0 Å². The minimum absolute atomic E-state index is 0.0256. The first-order valence-electron chi connectivity index (χ1n) is 6.15. The summed E-state index contributed by atoms with van der Waals surface area (Å²) < 4.78 is 5.58. The quantitative estimate of drug-likeness (QED) is 0.707. The summed E-state index contributed by atoms with van der Waals surface area (Å²) in [4.78, 5) is 22.6. The van der Waals surface area contributed by atoms with Crippen LogP contribution in [-0.4, -0.2) is 29.6 Å². The van der Waals surface area contributed by atoms with Crippen LogP contribution in [0.15, 0.2) is 18.2 Å². The maximum absolute atomic E-state index is 11.7. The van der Waals surface area contributed by atoms with Crippen LogP contribution in [0.1, 0.15) is 29.6 Å². The molecule has 4 N–H and O–H groups in total. The topological polar surface area (TPSA) is 102 Å². The number of benzene rings is 1. The van der Waals surface area contributed by atoms with E-state index >= 15 is 0 Å². The van der Waals surface area contributed by atoms with Crippen LogP contribution in [0.25, 0.3) is 0 Å². The van der Waals surface area contributed by atoms with Gasteiger partial charge in [-0.3, -0.25) is 4.79 Å². The second-order valence-corrected chi connectivity index (χ2v) is 4.45. The van der Waals surface area contributed by atoms with E-state index in [0.717, 1.165) is 12.8 Å². The van der Waals surface area contributed by atoms with E-state index in [-0.39, 0.29) is 17.2 Å². The van der Waals surface area contributed by atoms with Gasteiger partial charge in [0.2, 0.25) is 0 Å². The van der Waals surface area contributed by atoms with E-state index in [1.807, 2.05) is 0 Å². The first-order chi connectivity index (χ1) is 9.08. The molecule has 0 spiro atoms. The summed E-state index contributed by atoms with van der Waals surface area (Å²) >= 11 is 0. The third kappa shape index (κ3) is 3.15. The fraction of sp³-hybridized carbons (Fsp3) is 0.385. The largest absolute Gasteiger partial charge is 0.481 e. The molecule has 1 aromatic carbocycles. The Morgan fingerprint density at radius 2 is 2.21 bits per heavy atom. The molecule has 1 heterocycles. The van der Waals surface area contributed by atoms with E-state index in [2.05, 4.69) is 5.32 Å². The molecule has 1 saturated heterocycles. The highest BCUT2D eigenvalue weighted by molar-refractivity contribution is 5.93. The maximum Gasteiger partial charge on any atom is 0.337 e. The number of aromatic carboxylic acids is 1. The van der Waals surface area contributed by atoms with Crippen molar-refractivity contribution in [3.05, 3.63) is 23.8 Å². The minimum atomic E-state index is -1.09. The smallest absolute Gasteiger partial charge is 0.337 e. The number of nitrogens with one attached hydrogen (secondary N) is 1. The lowest BCUT2D eigenvalue weighted by molar-refractivity contribution is -0.127. The highest BCUT2D eigenvalue weighted by atomic mass is 16.5. The summed E-state index contributed by atoms with van der Waals surface area (Å²) in [5.74, 6) is -0.820. The van der Waals surface area contributed by atoms with E-state index in [0.29, 0.717) is 18.7 Å². The third-order valence-electron chi connectivity index (χ3n) is 3.02. The number of carbonyl (C=O) groups excluding carboxylic acids is 1. The van der Waals surface area contributed by atoms with Crippen LogP contribution < -0.4 is 15.8 Å². The Balaban J connectivity index is 2.12. The molecule has 0 bridgehead atoms. The average Bonchev–Trinajstić information content (AvgIpc) is 2.55. The molecule has 2 rings (SSSR count). The molecule has 0 aromatic heterocycles. The molecule has 6 heteroatoms. The van der Waals surface area contributed by atoms with Gasteiger partial charge in [-0.25, -0.2) is 4.79 Å². The van der Waals surface area contributed by atoms with Gasteiger partial charge in [0.15, 0.2) is 6.10 Å². The lowest BCUT2D eigenvalue weighted by Gasteiger charge is -2.16. The molecule has 1 unspecified atom stereocenters. The van der Waals surface area contributed by atoms with Crippen LogP contribution in [0.2, 0.25) is 0 Å². The van der Waals surface area contributed by atoms with E-state index in [1.165, 1.54) is 18.2 Å². The zero-order valence-corrected chi connectivity index (χ0v) is 10.4. The Morgan fingerprint density at radius 3 is 2.89 bits per heavy atom. The van der Waals surface area contributed by atoms with E-state index in [1.54, 1.807) is 0 Å². The van der Waals surface area contributed by atoms with Crippen molar-refractivity contribution >= 4 is 17.6 Å². The number of carboxylic acid groups (broad SMARTS) is 1. The number of hydrogen-bond donors (Lipinski definition) is 3. The van der Waals surface area contributed by atoms with Crippen molar-refractivity contribution in [1.82, 2.24) is 5.32 Å². The van der Waals surface area contributed by atoms with E-state index in [9.17, 15) is 9.59 Å². The van der Waals surface area contributed by atoms with Gasteiger partial charge in [0, 0.05) is 18.3 Å². The molecular formula is C13H16N2O4. The summed E-state index contributed by atoms with van der Waals surface area (Å²) in [6, 6.07) is 4.32. The Bertz CT molecular complexity index is 501. The number of nitrogens with two attached hydrogens (primary N) is 1. The highest BCUT2D eigenvalue weighted by Crippen LogP contribution is 2.22. The fourth-order valence-electron chi connectivity index (χ4n) is 2.00. The Morgan fingerprint density at radius 1 is 1.42 bits per heavy atom. The second-order valence-electron chi connectivity index (χ2n) is 4.45. The Kier molecular flexibility index (Phi) is 3.89. The van der Waals surface area contributed by atoms with E-state index < -0.39 is 12.1 Å². The van der Waals surface area contributed by atoms with Crippen molar-refractivity contribution < 1.29 is 19.4 Å². The fourth-order valence-corrected chi connectivity index (χ4v) is 2.00. The molecule has 1 aliphatic rings. The maximum atomic E-state index is 11.7. The van der Waals surface area contributed by atoms with Gasteiger partial charge < -0.3 is 20.9 Å². The molecular weight excluding hydrogens is 248 g/mol. The van der Waals surface area contributed by atoms with Gasteiger partial charge in [0.05, 0.1) is 5.56 Å². The van der Waals surface area contributed by atoms with Gasteiger partial charge in [-0.2, -0.15) is 0 Å². The van der Waals surface area contributed by atoms with Crippen LogP contribution in [0.3, 0.4) is 0 Å². The van der Waals surface area contributed by atoms with Crippen molar-refractivity contribution in [2.75, 3.05) is 12.3 Å². The minimum Gasteiger partial charge on any atom is -0.481 e. The lowest BCUT2D eigenvalue weighted by atomic mass is 10.1. The van der Waals surface area contributed by atoms with Gasteiger partial charge in [0.25, 0.3) is 5.91 Å². The van der Waals surface area contributed by atoms with Crippen molar-refractivity contribution in [1.29, 1.82) is 0 Å². The zero-order chi connectivity index (χ0) is 13.8. The predicted octanol–water partition coefficient (Wildman–Crippen LogP) is 1.01. The summed E-state index contributed by atoms with van der Waals surface area (Å²) in [6.07, 6.45) is 1.95. The second kappa shape index (κ2) is 5.60. The van der Waals surface area contributed by atoms with Crippen LogP contribution in [0.4, 0.5) is 5.69 Å². The first-order valence-corrected chi connectivity index (χ1v) is 6.15. The number of carboxylic acids is 1. The molecule has 19 heavy (non-hydrogen) atoms. The van der Waals surface area contributed by atoms with Gasteiger partial charge in [-0.05, 0) is 31.4 Å². The first kappa shape index (κ1) is 13.2. The van der Waals surface area contributed by atoms with Crippen LogP contribution in [-0.2, 0) is 4.79 Å². The molecule has 0 radical (unpaired) electrons. The highest BCUT2D eigenvalue weighted by Gasteiger charge is 2.22. The molecule has 1 aliphatic heterocycles. The molecule has 1 amide bonds. The standard InChI is InChI=1S/C13H16N2O4/c14-10-7-8(4-5-9(10)13(17)18)19-11-3-1-2-6-15-12(11)16/h4-5,7,11H,1-3,6,14H2,(H,15,16)(H,17,18). The van der Waals surface area contributed by atoms with Crippen molar-refractivity contribution in [2.45, 2.75) is 25.4 Å². The number of hydrogen-bond acceptors (Lipinski definition) is 4. The van der Waals surface area contributed by atoms with Gasteiger partial charge in [-0.1, -0.05) is 0 Å². The summed E-state index contributed by atoms with van der Waals surface area (Å²) in [6.45, 7) is 0.665. The zero-order valence-electron chi connectivity index (χ0n) is 10.4. The van der Waals surface area contributed by atoms with Crippen molar-refractivity contribution in [3.63, 3.8) is 0 Å². The van der Waals surface area contributed by atoms with Crippen LogP contribution in [0, 0.1) is 0 Å². The van der Waals surface area contributed by atoms with E-state index in [4.69, 9.17) is 15.6 Å². The summed E-state index contributed by atoms with van der Waals surface area (Å²) in [5.41, 5.74) is 5.78. The van der Waals surface area contributed by atoms with Gasteiger partial charge >= 0.3 is 5.97 Å². The third-order valence-corrected chi connectivity index (χ3v) is 3.02. The number of ether oxygens (including phenoxy) is 1. The summed E-state index contributed by atoms with van der Waals surface area (Å²) in [7, 11) is 0. The Hall–Kier alpha value is -2.24. The average molecular weight is 264 g/mol. The molecule has 1 atom stereocenters. The number of carbonyl (C=O) groups is 2. The molecule has 1 aromatic rings. The lowest BCUT2D eigenvalue weighted by Crippen LogP contribution is -2.36. The molecule has 102 valence electrons. The predicted molar refractivity (Wildman–Crippen MR) is 69.1 cm³/mol. The number of amides is 1. The molecule has 6 nitrogen and oxygen atoms in total. The molecule has 0 saturated carbocycles. The monoisotopic (exact) mass is 264 g/mol. The molecule has 1 fully saturated rings. The Labute approximate surface area is 110 Å². The van der Waals surface area contributed by atoms with Gasteiger partial charge in [-0.15, -0.1) is 0 Å². The SMILES string of the molecule is Nc1cc(OC2CCCCNC2=O)ccc1C(=O)O.